The van der Waals surface area contributed by atoms with Crippen molar-refractivity contribution in [3.8, 4) is 5.75 Å². The summed E-state index contributed by atoms with van der Waals surface area (Å²) in [7, 11) is 1.73. The third kappa shape index (κ3) is 2.19. The monoisotopic (exact) mass is 322 g/mol. The van der Waals surface area contributed by atoms with Crippen molar-refractivity contribution in [3.63, 3.8) is 0 Å². The average molecular weight is 322 g/mol. The van der Waals surface area contributed by atoms with E-state index in [0.717, 1.165) is 37.9 Å². The van der Waals surface area contributed by atoms with Gasteiger partial charge in [0, 0.05) is 6.42 Å². The second-order valence-corrected chi connectivity index (χ2v) is 7.91. The lowest BCUT2D eigenvalue weighted by atomic mass is 9.62. The van der Waals surface area contributed by atoms with E-state index in [2.05, 4.69) is 38.1 Å². The van der Waals surface area contributed by atoms with E-state index in [4.69, 9.17) is 4.74 Å². The topological polar surface area (TPSA) is 26.3 Å². The van der Waals surface area contributed by atoms with Crippen LogP contribution in [-0.2, 0) is 11.2 Å². The van der Waals surface area contributed by atoms with Crippen LogP contribution in [0.25, 0.3) is 5.57 Å². The molecule has 4 rings (SSSR count). The number of Topliss-reactive ketones (excluding diaryl/α,β-unsaturated/α-hetero) is 1. The van der Waals surface area contributed by atoms with E-state index in [0.29, 0.717) is 18.1 Å². The number of hydrogen-bond donors (Lipinski definition) is 0. The van der Waals surface area contributed by atoms with E-state index < -0.39 is 0 Å². The van der Waals surface area contributed by atoms with Crippen molar-refractivity contribution in [2.75, 3.05) is 7.11 Å². The van der Waals surface area contributed by atoms with Gasteiger partial charge in [0.25, 0.3) is 0 Å². The van der Waals surface area contributed by atoms with Gasteiger partial charge in [-0.1, -0.05) is 26.0 Å². The van der Waals surface area contributed by atoms with Gasteiger partial charge in [0.05, 0.1) is 12.5 Å². The zero-order valence-electron chi connectivity index (χ0n) is 14.9. The maximum absolute atomic E-state index is 12.8. The smallest absolute Gasteiger partial charge is 0.147 e. The van der Waals surface area contributed by atoms with Gasteiger partial charge in [0.15, 0.2) is 0 Å². The van der Waals surface area contributed by atoms with Gasteiger partial charge in [-0.2, -0.15) is 0 Å². The Kier molecular flexibility index (Phi) is 3.67. The molecule has 2 heteroatoms. The number of hydrogen-bond acceptors (Lipinski definition) is 2. The molecular weight excluding hydrogens is 296 g/mol. The first kappa shape index (κ1) is 15.7. The van der Waals surface area contributed by atoms with Crippen molar-refractivity contribution in [3.05, 3.63) is 46.5 Å². The Labute approximate surface area is 144 Å². The normalized spacial score (nSPS) is 25.3. The summed E-state index contributed by atoms with van der Waals surface area (Å²) in [6.07, 6.45) is 8.01. The van der Waals surface area contributed by atoms with Gasteiger partial charge >= 0.3 is 0 Å². The molecule has 0 aliphatic heterocycles. The first-order valence-corrected chi connectivity index (χ1v) is 9.19. The van der Waals surface area contributed by atoms with Gasteiger partial charge in [-0.3, -0.25) is 4.79 Å². The van der Waals surface area contributed by atoms with Gasteiger partial charge < -0.3 is 4.74 Å². The van der Waals surface area contributed by atoms with Crippen molar-refractivity contribution >= 4 is 11.4 Å². The fourth-order valence-electron chi connectivity index (χ4n) is 5.14. The van der Waals surface area contributed by atoms with Crippen LogP contribution >= 0.6 is 0 Å². The highest BCUT2D eigenvalue weighted by Crippen LogP contribution is 2.56. The second-order valence-electron chi connectivity index (χ2n) is 7.91. The van der Waals surface area contributed by atoms with Gasteiger partial charge in [-0.25, -0.2) is 0 Å². The number of benzene rings is 1. The molecule has 0 unspecified atom stereocenters. The molecular formula is C22H26O2. The molecule has 3 aliphatic rings. The van der Waals surface area contributed by atoms with Crippen LogP contribution in [0.2, 0.25) is 0 Å². The molecule has 0 radical (unpaired) electrons. The molecule has 1 aromatic rings. The molecule has 0 spiro atoms. The van der Waals surface area contributed by atoms with Gasteiger partial charge in [0.1, 0.15) is 11.5 Å². The molecule has 1 aromatic carbocycles. The molecule has 0 saturated heterocycles. The first-order valence-electron chi connectivity index (χ1n) is 9.19. The summed E-state index contributed by atoms with van der Waals surface area (Å²) in [5, 5.41) is 0. The molecule has 0 aromatic heterocycles. The fraction of sp³-hybridized carbons (Fsp3) is 0.500. The van der Waals surface area contributed by atoms with Gasteiger partial charge in [0.2, 0.25) is 0 Å². The Hall–Kier alpha value is -1.83. The molecule has 0 heterocycles. The minimum absolute atomic E-state index is 0.184. The van der Waals surface area contributed by atoms with E-state index >= 15 is 0 Å². The van der Waals surface area contributed by atoms with Crippen molar-refractivity contribution in [1.82, 2.24) is 0 Å². The van der Waals surface area contributed by atoms with Crippen molar-refractivity contribution in [2.24, 2.45) is 11.3 Å². The molecule has 1 atom stereocenters. The molecule has 0 N–H and O–H groups in total. The van der Waals surface area contributed by atoms with Crippen LogP contribution in [0.1, 0.15) is 57.1 Å². The van der Waals surface area contributed by atoms with E-state index in [1.165, 1.54) is 27.8 Å². The molecule has 3 aliphatic carbocycles. The second kappa shape index (κ2) is 5.61. The van der Waals surface area contributed by atoms with Crippen molar-refractivity contribution in [1.29, 1.82) is 0 Å². The summed E-state index contributed by atoms with van der Waals surface area (Å²) in [6, 6.07) is 6.47. The third-order valence-electron chi connectivity index (χ3n) is 6.07. The number of carbonyl (C=O) groups is 1. The summed E-state index contributed by atoms with van der Waals surface area (Å²) < 4.78 is 5.39. The number of carbonyl (C=O) groups excluding carboxylic acids is 1. The SMILES string of the molecule is COc1ccc2c(c1)CCC1=C2CC[C@]2(CC(C)C)C(=O)CC=C12. The molecule has 0 fully saturated rings. The summed E-state index contributed by atoms with van der Waals surface area (Å²) >= 11 is 0. The lowest BCUT2D eigenvalue weighted by molar-refractivity contribution is -0.126. The number of methoxy groups -OCH3 is 1. The lowest BCUT2D eigenvalue weighted by Gasteiger charge is -2.41. The summed E-state index contributed by atoms with van der Waals surface area (Å²) in [5.41, 5.74) is 6.94. The minimum Gasteiger partial charge on any atom is -0.497 e. The van der Waals surface area contributed by atoms with Crippen LogP contribution in [0.4, 0.5) is 0 Å². The van der Waals surface area contributed by atoms with E-state index in [1.807, 2.05) is 0 Å². The molecule has 2 nitrogen and oxygen atoms in total. The van der Waals surface area contributed by atoms with Crippen LogP contribution in [0.5, 0.6) is 5.75 Å². The molecule has 0 amide bonds. The number of ketones is 1. The molecule has 0 bridgehead atoms. The molecule has 0 saturated carbocycles. The Bertz CT molecular complexity index is 766. The Balaban J connectivity index is 1.80. The Morgan fingerprint density at radius 1 is 1.17 bits per heavy atom. The van der Waals surface area contributed by atoms with Gasteiger partial charge in [-0.15, -0.1) is 0 Å². The van der Waals surface area contributed by atoms with Crippen LogP contribution in [-0.4, -0.2) is 12.9 Å². The van der Waals surface area contributed by atoms with Crippen LogP contribution in [0.15, 0.2) is 35.4 Å². The van der Waals surface area contributed by atoms with E-state index in [1.54, 1.807) is 7.11 Å². The van der Waals surface area contributed by atoms with Crippen LogP contribution < -0.4 is 4.74 Å². The highest BCUT2D eigenvalue weighted by molar-refractivity contribution is 5.97. The average Bonchev–Trinajstić information content (AvgIpc) is 2.90. The zero-order chi connectivity index (χ0) is 16.9. The van der Waals surface area contributed by atoms with Crippen molar-refractivity contribution < 1.29 is 9.53 Å². The predicted octanol–water partition coefficient (Wildman–Crippen LogP) is 5.12. The Morgan fingerprint density at radius 2 is 2.00 bits per heavy atom. The summed E-state index contributed by atoms with van der Waals surface area (Å²) in [4.78, 5) is 12.8. The zero-order valence-corrected chi connectivity index (χ0v) is 14.9. The Morgan fingerprint density at radius 3 is 2.75 bits per heavy atom. The number of rotatable bonds is 3. The molecule has 24 heavy (non-hydrogen) atoms. The minimum atomic E-state index is -0.184. The number of allylic oxidation sites excluding steroid dienone is 4. The van der Waals surface area contributed by atoms with Gasteiger partial charge in [-0.05, 0) is 78.0 Å². The van der Waals surface area contributed by atoms with E-state index in [9.17, 15) is 4.79 Å². The number of aryl methyl sites for hydroxylation is 1. The van der Waals surface area contributed by atoms with Crippen LogP contribution in [0, 0.1) is 11.3 Å². The maximum atomic E-state index is 12.8. The summed E-state index contributed by atoms with van der Waals surface area (Å²) in [6.45, 7) is 4.48. The maximum Gasteiger partial charge on any atom is 0.147 e. The largest absolute Gasteiger partial charge is 0.497 e. The highest BCUT2D eigenvalue weighted by Gasteiger charge is 2.48. The third-order valence-corrected chi connectivity index (χ3v) is 6.07. The standard InChI is InChI=1S/C22H26O2/c1-14(2)13-22-11-10-18-17-7-5-16(24-3)12-15(17)4-6-19(18)20(22)8-9-21(22)23/h5,7-8,12,14H,4,6,9-11,13H2,1-3H3/t22-/m1/s1. The predicted molar refractivity (Wildman–Crippen MR) is 97.1 cm³/mol. The highest BCUT2D eigenvalue weighted by atomic mass is 16.5. The fourth-order valence-corrected chi connectivity index (χ4v) is 5.14. The van der Waals surface area contributed by atoms with Crippen LogP contribution in [0.3, 0.4) is 0 Å². The summed E-state index contributed by atoms with van der Waals surface area (Å²) in [5.74, 6) is 1.95. The first-order chi connectivity index (χ1) is 11.5. The molecule has 126 valence electrons. The number of fused-ring (bicyclic) bond motifs is 4. The quantitative estimate of drug-likeness (QED) is 0.772. The lowest BCUT2D eigenvalue weighted by Crippen LogP contribution is -2.35. The van der Waals surface area contributed by atoms with E-state index in [-0.39, 0.29) is 5.41 Å². The van der Waals surface area contributed by atoms with Crippen molar-refractivity contribution in [2.45, 2.75) is 52.4 Å². The number of ether oxygens (including phenoxy) is 1.